The first-order chi connectivity index (χ1) is 13.3. The van der Waals surface area contributed by atoms with Gasteiger partial charge in [0, 0.05) is 17.4 Å². The molecule has 8 heteroatoms. The number of alkyl halides is 3. The van der Waals surface area contributed by atoms with Gasteiger partial charge >= 0.3 is 6.18 Å². The van der Waals surface area contributed by atoms with Crippen molar-refractivity contribution in [3.05, 3.63) is 95.1 Å². The number of hydrogen-bond donors (Lipinski definition) is 2. The Hall–Kier alpha value is -3.42. The van der Waals surface area contributed by atoms with E-state index in [-0.39, 0.29) is 16.8 Å². The third-order valence-electron chi connectivity index (χ3n) is 4.08. The van der Waals surface area contributed by atoms with Crippen LogP contribution in [0.4, 0.5) is 23.2 Å². The van der Waals surface area contributed by atoms with E-state index in [0.717, 1.165) is 18.2 Å². The summed E-state index contributed by atoms with van der Waals surface area (Å²) in [6.45, 7) is 0. The van der Waals surface area contributed by atoms with E-state index < -0.39 is 29.5 Å². The zero-order valence-electron chi connectivity index (χ0n) is 14.4. The van der Waals surface area contributed by atoms with Crippen molar-refractivity contribution in [3.8, 4) is 0 Å². The molecule has 0 spiro atoms. The van der Waals surface area contributed by atoms with E-state index in [4.69, 9.17) is 5.73 Å². The highest BCUT2D eigenvalue weighted by Gasteiger charge is 2.31. The second-order valence-corrected chi connectivity index (χ2v) is 6.02. The van der Waals surface area contributed by atoms with Gasteiger partial charge in [0.1, 0.15) is 11.5 Å². The fourth-order valence-electron chi connectivity index (χ4n) is 2.63. The van der Waals surface area contributed by atoms with Gasteiger partial charge in [-0.3, -0.25) is 9.78 Å². The van der Waals surface area contributed by atoms with Crippen LogP contribution in [0.15, 0.2) is 66.9 Å². The summed E-state index contributed by atoms with van der Waals surface area (Å²) in [6, 6.07) is 11.6. The fraction of sp³-hybridized carbons (Fsp3) is 0.100. The maximum Gasteiger partial charge on any atom is 0.416 e. The Bertz CT molecular complexity index is 970. The molecule has 28 heavy (non-hydrogen) atoms. The second kappa shape index (κ2) is 7.67. The van der Waals surface area contributed by atoms with Gasteiger partial charge in [-0.15, -0.1) is 0 Å². The number of nitrogens with zero attached hydrogens (tertiary/aromatic N) is 1. The van der Waals surface area contributed by atoms with Crippen molar-refractivity contribution in [1.82, 2.24) is 10.3 Å². The summed E-state index contributed by atoms with van der Waals surface area (Å²) in [4.78, 5) is 16.5. The molecule has 144 valence electrons. The number of aromatic nitrogens is 1. The van der Waals surface area contributed by atoms with Crippen molar-refractivity contribution in [2.45, 2.75) is 12.2 Å². The van der Waals surface area contributed by atoms with Gasteiger partial charge in [-0.2, -0.15) is 13.2 Å². The van der Waals surface area contributed by atoms with E-state index in [9.17, 15) is 22.4 Å². The molecule has 3 aromatic rings. The lowest BCUT2D eigenvalue weighted by atomic mass is 10.00. The van der Waals surface area contributed by atoms with Crippen molar-refractivity contribution in [3.63, 3.8) is 0 Å². The van der Waals surface area contributed by atoms with E-state index in [0.29, 0.717) is 5.69 Å². The zero-order valence-corrected chi connectivity index (χ0v) is 14.4. The van der Waals surface area contributed by atoms with Gasteiger partial charge in [-0.05, 0) is 54.1 Å². The second-order valence-electron chi connectivity index (χ2n) is 6.02. The van der Waals surface area contributed by atoms with E-state index in [1.54, 1.807) is 0 Å². The molecule has 0 radical (unpaired) electrons. The molecule has 0 aliphatic rings. The van der Waals surface area contributed by atoms with Crippen LogP contribution in [-0.2, 0) is 6.18 Å². The molecular formula is C20H15F4N3O. The number of hydrogen-bond acceptors (Lipinski definition) is 3. The molecule has 3 rings (SSSR count). The standard InChI is InChI=1S/C20H15F4N3O/c21-16-2-1-11-26-18(16)17(12-3-7-14(8-4-12)20(22,23)24)27-19(28)13-5-9-15(25)10-6-13/h1-11,17H,25H2,(H,27,28). The summed E-state index contributed by atoms with van der Waals surface area (Å²) in [5, 5.41) is 2.62. The van der Waals surface area contributed by atoms with Crippen molar-refractivity contribution >= 4 is 11.6 Å². The summed E-state index contributed by atoms with van der Waals surface area (Å²) in [7, 11) is 0. The minimum atomic E-state index is -4.50. The van der Waals surface area contributed by atoms with Crippen LogP contribution >= 0.6 is 0 Å². The summed E-state index contributed by atoms with van der Waals surface area (Å²) >= 11 is 0. The van der Waals surface area contributed by atoms with Gasteiger partial charge in [0.15, 0.2) is 0 Å². The van der Waals surface area contributed by atoms with E-state index in [1.165, 1.54) is 48.7 Å². The number of nitrogens with one attached hydrogen (secondary N) is 1. The normalized spacial score (nSPS) is 12.4. The Balaban J connectivity index is 1.97. The molecule has 1 heterocycles. The minimum Gasteiger partial charge on any atom is -0.399 e. The molecule has 1 aromatic heterocycles. The molecule has 2 aromatic carbocycles. The van der Waals surface area contributed by atoms with Crippen LogP contribution in [-0.4, -0.2) is 10.9 Å². The van der Waals surface area contributed by atoms with Crippen LogP contribution in [0, 0.1) is 5.82 Å². The van der Waals surface area contributed by atoms with Gasteiger partial charge in [0.2, 0.25) is 0 Å². The molecule has 1 amide bonds. The molecule has 0 saturated carbocycles. The highest BCUT2D eigenvalue weighted by Crippen LogP contribution is 2.31. The molecule has 1 unspecified atom stereocenters. The maximum absolute atomic E-state index is 14.3. The number of carbonyl (C=O) groups is 1. The quantitative estimate of drug-likeness (QED) is 0.515. The van der Waals surface area contributed by atoms with Gasteiger partial charge in [-0.25, -0.2) is 4.39 Å². The average molecular weight is 389 g/mol. The molecule has 0 fully saturated rings. The van der Waals surface area contributed by atoms with Crippen LogP contribution in [0.1, 0.15) is 33.2 Å². The summed E-state index contributed by atoms with van der Waals surface area (Å²) in [6.07, 6.45) is -3.16. The average Bonchev–Trinajstić information content (AvgIpc) is 2.66. The molecule has 0 aliphatic carbocycles. The lowest BCUT2D eigenvalue weighted by Gasteiger charge is -2.20. The summed E-state index contributed by atoms with van der Waals surface area (Å²) in [5.74, 6) is -1.24. The molecule has 0 bridgehead atoms. The number of pyridine rings is 1. The number of anilines is 1. The number of amides is 1. The van der Waals surface area contributed by atoms with Crippen LogP contribution in [0.3, 0.4) is 0 Å². The molecule has 0 saturated heterocycles. The van der Waals surface area contributed by atoms with E-state index in [1.807, 2.05) is 0 Å². The number of benzene rings is 2. The van der Waals surface area contributed by atoms with Gasteiger partial charge < -0.3 is 11.1 Å². The van der Waals surface area contributed by atoms with Gasteiger partial charge in [-0.1, -0.05) is 12.1 Å². The summed E-state index contributed by atoms with van der Waals surface area (Å²) < 4.78 is 52.7. The highest BCUT2D eigenvalue weighted by molar-refractivity contribution is 5.95. The van der Waals surface area contributed by atoms with Crippen LogP contribution in [0.5, 0.6) is 0 Å². The largest absolute Gasteiger partial charge is 0.416 e. The minimum absolute atomic E-state index is 0.106. The number of halogens is 4. The molecule has 1 atom stereocenters. The summed E-state index contributed by atoms with van der Waals surface area (Å²) in [5.41, 5.74) is 5.63. The number of rotatable bonds is 4. The lowest BCUT2D eigenvalue weighted by molar-refractivity contribution is -0.137. The first-order valence-corrected chi connectivity index (χ1v) is 8.19. The van der Waals surface area contributed by atoms with Crippen molar-refractivity contribution in [2.75, 3.05) is 5.73 Å². The highest BCUT2D eigenvalue weighted by atomic mass is 19.4. The van der Waals surface area contributed by atoms with Crippen molar-refractivity contribution < 1.29 is 22.4 Å². The van der Waals surface area contributed by atoms with E-state index in [2.05, 4.69) is 10.3 Å². The van der Waals surface area contributed by atoms with Gasteiger partial charge in [0.05, 0.1) is 11.6 Å². The number of nitrogen functional groups attached to an aromatic ring is 1. The fourth-order valence-corrected chi connectivity index (χ4v) is 2.63. The lowest BCUT2D eigenvalue weighted by Crippen LogP contribution is -2.30. The van der Waals surface area contributed by atoms with Crippen LogP contribution < -0.4 is 11.1 Å². The van der Waals surface area contributed by atoms with Crippen molar-refractivity contribution in [2.24, 2.45) is 0 Å². The maximum atomic E-state index is 14.3. The SMILES string of the molecule is Nc1ccc(C(=O)NC(c2ccc(C(F)(F)F)cc2)c2ncccc2F)cc1. The topological polar surface area (TPSA) is 68.0 Å². The molecule has 3 N–H and O–H groups in total. The Morgan fingerprint density at radius 1 is 1.00 bits per heavy atom. The molecule has 0 aliphatic heterocycles. The Labute approximate surface area is 158 Å². The van der Waals surface area contributed by atoms with E-state index >= 15 is 0 Å². The third-order valence-corrected chi connectivity index (χ3v) is 4.08. The molecular weight excluding hydrogens is 374 g/mol. The third kappa shape index (κ3) is 4.28. The van der Waals surface area contributed by atoms with Gasteiger partial charge in [0.25, 0.3) is 5.91 Å². The number of nitrogens with two attached hydrogens (primary N) is 1. The Kier molecular flexibility index (Phi) is 5.30. The Morgan fingerprint density at radius 3 is 2.21 bits per heavy atom. The van der Waals surface area contributed by atoms with Crippen molar-refractivity contribution in [1.29, 1.82) is 0 Å². The monoisotopic (exact) mass is 389 g/mol. The smallest absolute Gasteiger partial charge is 0.399 e. The predicted molar refractivity (Wildman–Crippen MR) is 95.8 cm³/mol. The molecule has 4 nitrogen and oxygen atoms in total. The van der Waals surface area contributed by atoms with Crippen LogP contribution in [0.25, 0.3) is 0 Å². The number of carbonyl (C=O) groups excluding carboxylic acids is 1. The Morgan fingerprint density at radius 2 is 1.64 bits per heavy atom. The zero-order chi connectivity index (χ0) is 20.3. The first kappa shape index (κ1) is 19.3. The van der Waals surface area contributed by atoms with Crippen LogP contribution in [0.2, 0.25) is 0 Å². The first-order valence-electron chi connectivity index (χ1n) is 8.19. The predicted octanol–water partition coefficient (Wildman–Crippen LogP) is 4.34.